The SMILES string of the molecule is C[n+]1ccn(C2=C([O-])c3ccccc3C(=O)C2=NS(=O)(=O)c2ccc(Br)cc2)c1. The van der Waals surface area contributed by atoms with Gasteiger partial charge in [0.15, 0.2) is 11.4 Å². The third-order valence-electron chi connectivity index (χ3n) is 4.42. The molecule has 4 rings (SSSR count). The minimum atomic E-state index is -4.22. The van der Waals surface area contributed by atoms with Crippen molar-refractivity contribution in [3.63, 3.8) is 0 Å². The second-order valence-corrected chi connectivity index (χ2v) is 8.93. The summed E-state index contributed by atoms with van der Waals surface area (Å²) in [5, 5.41) is 13.1. The second kappa shape index (κ2) is 7.09. The van der Waals surface area contributed by atoms with Gasteiger partial charge in [0.2, 0.25) is 12.1 Å². The van der Waals surface area contributed by atoms with Crippen LogP contribution < -0.4 is 9.67 Å². The maximum absolute atomic E-state index is 13.1. The number of sulfonamides is 1. The van der Waals surface area contributed by atoms with Crippen molar-refractivity contribution in [2.24, 2.45) is 11.4 Å². The minimum Gasteiger partial charge on any atom is -0.869 e. The van der Waals surface area contributed by atoms with Gasteiger partial charge in [0.1, 0.15) is 12.4 Å². The lowest BCUT2D eigenvalue weighted by Gasteiger charge is -2.24. The van der Waals surface area contributed by atoms with Gasteiger partial charge in [0.25, 0.3) is 10.0 Å². The molecule has 3 aromatic rings. The van der Waals surface area contributed by atoms with Crippen LogP contribution in [0.2, 0.25) is 0 Å². The molecule has 0 N–H and O–H groups in total. The molecular weight excluding hydrogens is 458 g/mol. The van der Waals surface area contributed by atoms with E-state index in [1.807, 2.05) is 0 Å². The number of Topliss-reactive ketones (excluding diaryl/α,β-unsaturated/α-hetero) is 1. The van der Waals surface area contributed by atoms with E-state index in [9.17, 15) is 18.3 Å². The zero-order valence-electron chi connectivity index (χ0n) is 15.1. The van der Waals surface area contributed by atoms with Crippen LogP contribution in [-0.4, -0.2) is 24.5 Å². The highest BCUT2D eigenvalue weighted by molar-refractivity contribution is 9.10. The third kappa shape index (κ3) is 3.43. The van der Waals surface area contributed by atoms with Crippen LogP contribution in [0.15, 0.2) is 81.0 Å². The van der Waals surface area contributed by atoms with Crippen molar-refractivity contribution in [3.05, 3.63) is 82.9 Å². The highest BCUT2D eigenvalue weighted by Gasteiger charge is 2.33. The van der Waals surface area contributed by atoms with Gasteiger partial charge in [-0.15, -0.1) is 0 Å². The molecule has 1 aliphatic carbocycles. The van der Waals surface area contributed by atoms with Crippen molar-refractivity contribution in [1.82, 2.24) is 4.57 Å². The highest BCUT2D eigenvalue weighted by Crippen LogP contribution is 2.30. The largest absolute Gasteiger partial charge is 0.869 e. The smallest absolute Gasteiger partial charge is 0.283 e. The Hall–Kier alpha value is -3.04. The number of allylic oxidation sites excluding steroid dienone is 1. The Morgan fingerprint density at radius 1 is 1.07 bits per heavy atom. The van der Waals surface area contributed by atoms with Crippen LogP contribution in [0.3, 0.4) is 0 Å². The van der Waals surface area contributed by atoms with E-state index in [1.165, 1.54) is 22.8 Å². The lowest BCUT2D eigenvalue weighted by atomic mass is 9.91. The maximum Gasteiger partial charge on any atom is 0.283 e. The van der Waals surface area contributed by atoms with Gasteiger partial charge in [-0.1, -0.05) is 40.2 Å². The summed E-state index contributed by atoms with van der Waals surface area (Å²) in [6, 6.07) is 12.2. The molecule has 0 amide bonds. The maximum atomic E-state index is 13.1. The van der Waals surface area contributed by atoms with Crippen molar-refractivity contribution in [1.29, 1.82) is 0 Å². The molecule has 146 valence electrons. The number of imidazole rings is 1. The van der Waals surface area contributed by atoms with E-state index in [4.69, 9.17) is 0 Å². The number of nitrogens with zero attached hydrogens (tertiary/aromatic N) is 3. The Balaban J connectivity index is 1.97. The molecule has 0 aliphatic heterocycles. The van der Waals surface area contributed by atoms with E-state index < -0.39 is 27.3 Å². The summed E-state index contributed by atoms with van der Waals surface area (Å²) >= 11 is 3.25. The molecule has 9 heteroatoms. The van der Waals surface area contributed by atoms with Crippen LogP contribution in [0.1, 0.15) is 15.9 Å². The molecule has 0 unspecified atom stereocenters. The summed E-state index contributed by atoms with van der Waals surface area (Å²) in [5.41, 5.74) is -0.172. The van der Waals surface area contributed by atoms with Gasteiger partial charge in [-0.3, -0.25) is 4.79 Å². The molecule has 0 radical (unpaired) electrons. The standard InChI is InChI=1S/C20H14BrN3O4S/c1-23-10-11-24(12-23)18-17(19(25)15-4-2-3-5-16(15)20(18)26)22-29(27,28)14-8-6-13(21)7-9-14/h2-12H,1H3. The van der Waals surface area contributed by atoms with Crippen molar-refractivity contribution < 1.29 is 22.9 Å². The monoisotopic (exact) mass is 471 g/mol. The summed E-state index contributed by atoms with van der Waals surface area (Å²) in [7, 11) is -2.47. The minimum absolute atomic E-state index is 0.0790. The second-order valence-electron chi connectivity index (χ2n) is 6.41. The van der Waals surface area contributed by atoms with Crippen molar-refractivity contribution in [2.45, 2.75) is 4.90 Å². The highest BCUT2D eigenvalue weighted by atomic mass is 79.9. The molecule has 0 bridgehead atoms. The van der Waals surface area contributed by atoms with E-state index in [0.29, 0.717) is 4.47 Å². The van der Waals surface area contributed by atoms with Crippen LogP contribution in [0.25, 0.3) is 11.5 Å². The topological polar surface area (TPSA) is 95.4 Å². The zero-order valence-corrected chi connectivity index (χ0v) is 17.5. The number of aromatic nitrogens is 2. The van der Waals surface area contributed by atoms with Crippen molar-refractivity contribution in [2.75, 3.05) is 0 Å². The average Bonchev–Trinajstić information content (AvgIpc) is 3.12. The molecule has 1 aromatic heterocycles. The first-order valence-electron chi connectivity index (χ1n) is 8.48. The van der Waals surface area contributed by atoms with Gasteiger partial charge in [-0.25, -0.2) is 9.13 Å². The molecule has 2 aromatic carbocycles. The Bertz CT molecular complexity index is 1310. The quantitative estimate of drug-likeness (QED) is 0.544. The summed E-state index contributed by atoms with van der Waals surface area (Å²) in [6.45, 7) is 0. The van der Waals surface area contributed by atoms with Crippen LogP contribution in [0, 0.1) is 0 Å². The fraction of sp³-hybridized carbons (Fsp3) is 0.0500. The number of aryl methyl sites for hydroxylation is 1. The Morgan fingerprint density at radius 2 is 1.72 bits per heavy atom. The summed E-state index contributed by atoms with van der Waals surface area (Å²) < 4.78 is 33.3. The summed E-state index contributed by atoms with van der Waals surface area (Å²) in [6.07, 6.45) is 4.80. The summed E-state index contributed by atoms with van der Waals surface area (Å²) in [5.74, 6) is -1.09. The van der Waals surface area contributed by atoms with E-state index in [2.05, 4.69) is 20.3 Å². The van der Waals surface area contributed by atoms with E-state index in [1.54, 1.807) is 60.7 Å². The lowest BCUT2D eigenvalue weighted by molar-refractivity contribution is -0.670. The first-order valence-corrected chi connectivity index (χ1v) is 10.7. The van der Waals surface area contributed by atoms with Gasteiger partial charge >= 0.3 is 0 Å². The number of ketones is 1. The fourth-order valence-electron chi connectivity index (χ4n) is 3.04. The summed E-state index contributed by atoms with van der Waals surface area (Å²) in [4.78, 5) is 13.0. The normalized spacial score (nSPS) is 15.7. The van der Waals surface area contributed by atoms with Gasteiger partial charge < -0.3 is 5.11 Å². The predicted octanol–water partition coefficient (Wildman–Crippen LogP) is 1.79. The number of rotatable bonds is 3. The lowest BCUT2D eigenvalue weighted by Crippen LogP contribution is -2.31. The van der Waals surface area contributed by atoms with Crippen LogP contribution in [-0.2, 0) is 17.1 Å². The Labute approximate surface area is 175 Å². The van der Waals surface area contributed by atoms with Gasteiger partial charge in [0, 0.05) is 10.0 Å². The molecule has 0 spiro atoms. The fourth-order valence-corrected chi connectivity index (χ4v) is 4.29. The number of hydrogen-bond acceptors (Lipinski definition) is 4. The first kappa shape index (κ1) is 19.3. The number of carbonyl (C=O) groups is 1. The van der Waals surface area contributed by atoms with E-state index in [0.717, 1.165) is 0 Å². The number of hydrogen-bond donors (Lipinski definition) is 0. The number of benzene rings is 2. The molecule has 29 heavy (non-hydrogen) atoms. The molecule has 0 fully saturated rings. The average molecular weight is 472 g/mol. The van der Waals surface area contributed by atoms with Crippen molar-refractivity contribution >= 4 is 48.9 Å². The molecule has 0 saturated carbocycles. The molecule has 1 aliphatic rings. The van der Waals surface area contributed by atoms with Gasteiger partial charge in [-0.05, 0) is 35.6 Å². The Kier molecular flexibility index (Phi) is 4.71. The number of fused-ring (bicyclic) bond motifs is 1. The Morgan fingerprint density at radius 3 is 2.34 bits per heavy atom. The molecule has 0 saturated heterocycles. The molecule has 1 heterocycles. The molecular formula is C20H14BrN3O4S. The van der Waals surface area contributed by atoms with E-state index in [-0.39, 0.29) is 21.7 Å². The van der Waals surface area contributed by atoms with Gasteiger partial charge in [-0.2, -0.15) is 12.8 Å². The van der Waals surface area contributed by atoms with E-state index >= 15 is 0 Å². The van der Waals surface area contributed by atoms with Crippen LogP contribution in [0.5, 0.6) is 0 Å². The zero-order chi connectivity index (χ0) is 20.8. The predicted molar refractivity (Wildman–Crippen MR) is 108 cm³/mol. The number of carbonyl (C=O) groups excluding carboxylic acids is 1. The van der Waals surface area contributed by atoms with Gasteiger partial charge in [0.05, 0.1) is 11.9 Å². The molecule has 0 atom stereocenters. The first-order chi connectivity index (χ1) is 13.8. The molecule has 7 nitrogen and oxygen atoms in total. The third-order valence-corrected chi connectivity index (χ3v) is 6.24. The van der Waals surface area contributed by atoms with Crippen LogP contribution >= 0.6 is 15.9 Å². The van der Waals surface area contributed by atoms with Crippen LogP contribution in [0.4, 0.5) is 0 Å². The van der Waals surface area contributed by atoms with Crippen molar-refractivity contribution in [3.8, 4) is 0 Å². The number of halogens is 1.